The van der Waals surface area contributed by atoms with E-state index in [1.807, 2.05) is 38.1 Å². The molecule has 2 amide bonds. The summed E-state index contributed by atoms with van der Waals surface area (Å²) in [6, 6.07) is 13.8. The van der Waals surface area contributed by atoms with Crippen LogP contribution in [0.4, 0.5) is 0 Å². The number of halogens is 1. The van der Waals surface area contributed by atoms with Gasteiger partial charge in [0.25, 0.3) is 5.91 Å². The maximum Gasteiger partial charge on any atom is 0.261 e. The number of likely N-dealkylation sites (N-methyl/N-ethyl adjacent to an activating group) is 1. The van der Waals surface area contributed by atoms with Gasteiger partial charge in [-0.25, -0.2) is 0 Å². The minimum absolute atomic E-state index is 0.201. The predicted octanol–water partition coefficient (Wildman–Crippen LogP) is 3.67. The average molecular weight is 419 g/mol. The quantitative estimate of drug-likeness (QED) is 0.639. The van der Waals surface area contributed by atoms with Crippen molar-refractivity contribution in [2.24, 2.45) is 0 Å². The van der Waals surface area contributed by atoms with Crippen molar-refractivity contribution < 1.29 is 19.1 Å². The van der Waals surface area contributed by atoms with E-state index in [1.54, 1.807) is 24.3 Å². The van der Waals surface area contributed by atoms with Gasteiger partial charge >= 0.3 is 0 Å². The van der Waals surface area contributed by atoms with Crippen LogP contribution in [0.1, 0.15) is 25.8 Å². The largest absolute Gasteiger partial charge is 0.493 e. The summed E-state index contributed by atoms with van der Waals surface area (Å²) in [5.74, 6) is 0.488. The summed E-state index contributed by atoms with van der Waals surface area (Å²) in [5.41, 5.74) is 0.766. The van der Waals surface area contributed by atoms with E-state index in [-0.39, 0.29) is 25.0 Å². The van der Waals surface area contributed by atoms with Gasteiger partial charge in [-0.3, -0.25) is 9.59 Å². The Labute approximate surface area is 176 Å². The molecule has 1 unspecified atom stereocenters. The highest BCUT2D eigenvalue weighted by Gasteiger charge is 2.29. The molecule has 0 aromatic heterocycles. The number of rotatable bonds is 10. The lowest BCUT2D eigenvalue weighted by Crippen LogP contribution is -2.50. The summed E-state index contributed by atoms with van der Waals surface area (Å²) in [7, 11) is 1.54. The van der Waals surface area contributed by atoms with Crippen LogP contribution in [0, 0.1) is 0 Å². The molecule has 0 saturated carbocycles. The lowest BCUT2D eigenvalue weighted by atomic mass is 10.1. The molecule has 2 aromatic rings. The number of carbonyl (C=O) groups excluding carboxylic acids is 2. The second-order valence-electron chi connectivity index (χ2n) is 6.37. The average Bonchev–Trinajstić information content (AvgIpc) is 2.73. The normalized spacial score (nSPS) is 11.4. The number of ether oxygens (including phenoxy) is 2. The second-order valence-corrected chi connectivity index (χ2v) is 6.78. The Morgan fingerprint density at radius 3 is 2.34 bits per heavy atom. The molecular weight excluding hydrogens is 392 g/mol. The van der Waals surface area contributed by atoms with E-state index in [9.17, 15) is 9.59 Å². The molecule has 0 bridgehead atoms. The topological polar surface area (TPSA) is 67.9 Å². The van der Waals surface area contributed by atoms with Crippen LogP contribution < -0.4 is 14.8 Å². The lowest BCUT2D eigenvalue weighted by Gasteiger charge is -2.30. The Kier molecular flexibility index (Phi) is 8.80. The molecule has 0 fully saturated rings. The van der Waals surface area contributed by atoms with E-state index in [4.69, 9.17) is 21.1 Å². The zero-order valence-corrected chi connectivity index (χ0v) is 17.7. The molecule has 2 rings (SSSR count). The number of amides is 2. The fourth-order valence-corrected chi connectivity index (χ4v) is 3.18. The van der Waals surface area contributed by atoms with Gasteiger partial charge in [0, 0.05) is 18.1 Å². The molecule has 0 aliphatic heterocycles. The number of hydrogen-bond acceptors (Lipinski definition) is 4. The monoisotopic (exact) mass is 418 g/mol. The maximum absolute atomic E-state index is 13.1. The standard InChI is InChI=1S/C22H27ClN2O4/c1-4-18(22(27)24-5-2)25(14-16-10-6-7-11-17(16)23)21(26)15-29-20-13-9-8-12-19(20)28-3/h6-13,18H,4-5,14-15H2,1-3H3,(H,24,27). The molecule has 2 aromatic carbocycles. The summed E-state index contributed by atoms with van der Waals surface area (Å²) in [5, 5.41) is 3.34. The highest BCUT2D eigenvalue weighted by atomic mass is 35.5. The van der Waals surface area contributed by atoms with Gasteiger partial charge < -0.3 is 19.7 Å². The summed E-state index contributed by atoms with van der Waals surface area (Å²) >= 11 is 6.29. The summed E-state index contributed by atoms with van der Waals surface area (Å²) < 4.78 is 10.9. The first-order valence-corrected chi connectivity index (χ1v) is 9.95. The van der Waals surface area contributed by atoms with E-state index >= 15 is 0 Å². The van der Waals surface area contributed by atoms with Crippen LogP contribution in [0.5, 0.6) is 11.5 Å². The van der Waals surface area contributed by atoms with Crippen molar-refractivity contribution in [3.63, 3.8) is 0 Å². The fourth-order valence-electron chi connectivity index (χ4n) is 2.98. The zero-order valence-electron chi connectivity index (χ0n) is 17.0. The third-order valence-corrected chi connectivity index (χ3v) is 4.82. The molecule has 1 N–H and O–H groups in total. The number of hydrogen-bond donors (Lipinski definition) is 1. The zero-order chi connectivity index (χ0) is 21.2. The van der Waals surface area contributed by atoms with Crippen LogP contribution >= 0.6 is 11.6 Å². The summed E-state index contributed by atoms with van der Waals surface area (Å²) in [6.45, 7) is 4.19. The van der Waals surface area contributed by atoms with Crippen LogP contribution in [0.3, 0.4) is 0 Å². The minimum Gasteiger partial charge on any atom is -0.493 e. The second kappa shape index (κ2) is 11.3. The van der Waals surface area contributed by atoms with Crippen molar-refractivity contribution in [3.8, 4) is 11.5 Å². The number of methoxy groups -OCH3 is 1. The molecule has 0 saturated heterocycles. The first-order chi connectivity index (χ1) is 14.0. The van der Waals surface area contributed by atoms with E-state index in [1.165, 1.54) is 12.0 Å². The maximum atomic E-state index is 13.1. The van der Waals surface area contributed by atoms with E-state index in [0.717, 1.165) is 5.56 Å². The van der Waals surface area contributed by atoms with E-state index in [2.05, 4.69) is 5.32 Å². The van der Waals surface area contributed by atoms with Crippen molar-refractivity contribution in [1.82, 2.24) is 10.2 Å². The first kappa shape index (κ1) is 22.6. The van der Waals surface area contributed by atoms with Gasteiger partial charge in [-0.15, -0.1) is 0 Å². The third-order valence-electron chi connectivity index (χ3n) is 4.46. The molecule has 7 heteroatoms. The molecule has 0 spiro atoms. The predicted molar refractivity (Wildman–Crippen MR) is 113 cm³/mol. The molecule has 0 radical (unpaired) electrons. The first-order valence-electron chi connectivity index (χ1n) is 9.58. The molecule has 0 heterocycles. The number of nitrogens with one attached hydrogen (secondary N) is 1. The Morgan fingerprint density at radius 2 is 1.72 bits per heavy atom. The number of benzene rings is 2. The number of nitrogens with zero attached hydrogens (tertiary/aromatic N) is 1. The molecular formula is C22H27ClN2O4. The van der Waals surface area contributed by atoms with Crippen molar-refractivity contribution in [3.05, 3.63) is 59.1 Å². The van der Waals surface area contributed by atoms with Gasteiger partial charge in [0.1, 0.15) is 6.04 Å². The fraction of sp³-hybridized carbons (Fsp3) is 0.364. The van der Waals surface area contributed by atoms with Crippen molar-refractivity contribution >= 4 is 23.4 Å². The van der Waals surface area contributed by atoms with Gasteiger partial charge in [-0.05, 0) is 37.1 Å². The van der Waals surface area contributed by atoms with E-state index < -0.39 is 6.04 Å². The van der Waals surface area contributed by atoms with Crippen molar-refractivity contribution in [1.29, 1.82) is 0 Å². The SMILES string of the molecule is CCNC(=O)C(CC)N(Cc1ccccc1Cl)C(=O)COc1ccccc1OC. The third kappa shape index (κ3) is 6.12. The highest BCUT2D eigenvalue weighted by Crippen LogP contribution is 2.26. The molecule has 0 aliphatic carbocycles. The van der Waals surface area contributed by atoms with Crippen LogP contribution in [-0.4, -0.2) is 43.0 Å². The summed E-state index contributed by atoms with van der Waals surface area (Å²) in [4.78, 5) is 27.2. The minimum atomic E-state index is -0.625. The Morgan fingerprint density at radius 1 is 1.07 bits per heavy atom. The molecule has 1 atom stereocenters. The van der Waals surface area contributed by atoms with E-state index in [0.29, 0.717) is 29.5 Å². The smallest absolute Gasteiger partial charge is 0.261 e. The van der Waals surface area contributed by atoms with Gasteiger partial charge in [0.05, 0.1) is 7.11 Å². The Balaban J connectivity index is 2.23. The van der Waals surface area contributed by atoms with Crippen LogP contribution in [-0.2, 0) is 16.1 Å². The van der Waals surface area contributed by atoms with Gasteiger partial charge in [-0.1, -0.05) is 48.9 Å². The Bertz CT molecular complexity index is 828. The van der Waals surface area contributed by atoms with Crippen LogP contribution in [0.25, 0.3) is 0 Å². The number of carbonyl (C=O) groups is 2. The lowest BCUT2D eigenvalue weighted by molar-refractivity contribution is -0.142. The summed E-state index contributed by atoms with van der Waals surface area (Å²) in [6.07, 6.45) is 0.469. The van der Waals surface area contributed by atoms with Gasteiger partial charge in [0.15, 0.2) is 18.1 Å². The van der Waals surface area contributed by atoms with Gasteiger partial charge in [0.2, 0.25) is 5.91 Å². The van der Waals surface area contributed by atoms with Crippen LogP contribution in [0.2, 0.25) is 5.02 Å². The Hall–Kier alpha value is -2.73. The van der Waals surface area contributed by atoms with Gasteiger partial charge in [-0.2, -0.15) is 0 Å². The molecule has 6 nitrogen and oxygen atoms in total. The van der Waals surface area contributed by atoms with Crippen molar-refractivity contribution in [2.45, 2.75) is 32.9 Å². The van der Waals surface area contributed by atoms with Crippen molar-refractivity contribution in [2.75, 3.05) is 20.3 Å². The highest BCUT2D eigenvalue weighted by molar-refractivity contribution is 6.31. The molecule has 0 aliphatic rings. The van der Waals surface area contributed by atoms with Crippen LogP contribution in [0.15, 0.2) is 48.5 Å². The molecule has 156 valence electrons. The molecule has 29 heavy (non-hydrogen) atoms. The number of para-hydroxylation sites is 2.